The van der Waals surface area contributed by atoms with Gasteiger partial charge in [-0.05, 0) is 24.1 Å². The molecule has 0 spiro atoms. The molecule has 1 heterocycles. The lowest BCUT2D eigenvalue weighted by atomic mass is 10.0. The predicted molar refractivity (Wildman–Crippen MR) is 72.6 cm³/mol. The molecule has 2 aromatic rings. The number of carbonyl (C=O) groups is 1. The molecule has 0 fully saturated rings. The lowest BCUT2D eigenvalue weighted by Gasteiger charge is -2.20. The minimum Gasteiger partial charge on any atom is -0.480 e. The quantitative estimate of drug-likeness (QED) is 0.863. The van der Waals surface area contributed by atoms with Gasteiger partial charge in [-0.2, -0.15) is 0 Å². The van der Waals surface area contributed by atoms with Gasteiger partial charge < -0.3 is 5.11 Å². The average molecular weight is 256 g/mol. The number of nitrogens with zero attached hydrogens (tertiary/aromatic N) is 1. The average Bonchev–Trinajstić information content (AvgIpc) is 2.46. The van der Waals surface area contributed by atoms with Crippen LogP contribution < -0.4 is 5.32 Å². The third-order valence-electron chi connectivity index (χ3n) is 2.98. The van der Waals surface area contributed by atoms with Gasteiger partial charge >= 0.3 is 5.97 Å². The number of nitrogens with one attached hydrogen (secondary N) is 1. The number of benzene rings is 1. The molecule has 0 saturated heterocycles. The number of carboxylic acid groups (broad SMARTS) is 1. The second-order valence-electron chi connectivity index (χ2n) is 4.36. The fourth-order valence-corrected chi connectivity index (χ4v) is 1.93. The molecule has 2 atom stereocenters. The maximum Gasteiger partial charge on any atom is 0.325 e. The van der Waals surface area contributed by atoms with Gasteiger partial charge in [0.1, 0.15) is 6.04 Å². The van der Waals surface area contributed by atoms with E-state index < -0.39 is 12.0 Å². The lowest BCUT2D eigenvalue weighted by Crippen LogP contribution is -2.30. The van der Waals surface area contributed by atoms with Crippen LogP contribution in [0.5, 0.6) is 0 Å². The van der Waals surface area contributed by atoms with Crippen molar-refractivity contribution in [2.24, 2.45) is 0 Å². The Bertz CT molecular complexity index is 528. The van der Waals surface area contributed by atoms with Crippen molar-refractivity contribution < 1.29 is 9.90 Å². The van der Waals surface area contributed by atoms with Crippen LogP contribution in [0.2, 0.25) is 0 Å². The van der Waals surface area contributed by atoms with Crippen LogP contribution in [-0.4, -0.2) is 16.1 Å². The van der Waals surface area contributed by atoms with Crippen molar-refractivity contribution >= 4 is 5.97 Å². The van der Waals surface area contributed by atoms with Crippen LogP contribution in [0.25, 0.3) is 0 Å². The van der Waals surface area contributed by atoms with Gasteiger partial charge in [0.25, 0.3) is 0 Å². The predicted octanol–water partition coefficient (Wildman–Crippen LogP) is 2.56. The molecule has 0 aliphatic heterocycles. The largest absolute Gasteiger partial charge is 0.480 e. The monoisotopic (exact) mass is 256 g/mol. The van der Waals surface area contributed by atoms with Crippen LogP contribution >= 0.6 is 0 Å². The maximum absolute atomic E-state index is 11.4. The van der Waals surface area contributed by atoms with E-state index in [-0.39, 0.29) is 6.04 Å². The zero-order valence-corrected chi connectivity index (χ0v) is 10.7. The molecule has 0 aliphatic rings. The molecular weight excluding hydrogens is 240 g/mol. The molecular formula is C15H16N2O2. The van der Waals surface area contributed by atoms with Crippen molar-refractivity contribution in [3.8, 4) is 0 Å². The molecule has 0 saturated carbocycles. The van der Waals surface area contributed by atoms with E-state index >= 15 is 0 Å². The van der Waals surface area contributed by atoms with Crippen LogP contribution in [0.3, 0.4) is 0 Å². The Morgan fingerprint density at radius 1 is 1.16 bits per heavy atom. The first-order chi connectivity index (χ1) is 9.18. The third kappa shape index (κ3) is 3.39. The second-order valence-corrected chi connectivity index (χ2v) is 4.36. The van der Waals surface area contributed by atoms with Crippen LogP contribution in [0, 0.1) is 0 Å². The van der Waals surface area contributed by atoms with Gasteiger partial charge in [0.2, 0.25) is 0 Å². The topological polar surface area (TPSA) is 62.2 Å². The standard InChI is InChI=1S/C15H16N2O2/c1-11(13-8-5-9-16-10-13)17-14(15(18)19)12-6-3-2-4-7-12/h2-11,14,17H,1H3,(H,18,19)/t11-,14?/m0/s1. The van der Waals surface area contributed by atoms with E-state index in [0.29, 0.717) is 0 Å². The number of hydrogen-bond donors (Lipinski definition) is 2. The van der Waals surface area contributed by atoms with E-state index in [1.165, 1.54) is 0 Å². The Balaban J connectivity index is 2.16. The summed E-state index contributed by atoms with van der Waals surface area (Å²) in [5, 5.41) is 12.5. The summed E-state index contributed by atoms with van der Waals surface area (Å²) in [7, 11) is 0. The van der Waals surface area contributed by atoms with E-state index in [1.54, 1.807) is 12.4 Å². The van der Waals surface area contributed by atoms with E-state index in [1.807, 2.05) is 49.4 Å². The number of aliphatic carboxylic acids is 1. The summed E-state index contributed by atoms with van der Waals surface area (Å²) < 4.78 is 0. The molecule has 0 aliphatic carbocycles. The van der Waals surface area contributed by atoms with Gasteiger partial charge in [0.15, 0.2) is 0 Å². The Hall–Kier alpha value is -2.20. The highest BCUT2D eigenvalue weighted by Gasteiger charge is 2.21. The molecule has 2 rings (SSSR count). The normalized spacial score (nSPS) is 13.7. The summed E-state index contributed by atoms with van der Waals surface area (Å²) >= 11 is 0. The fraction of sp³-hybridized carbons (Fsp3) is 0.200. The van der Waals surface area contributed by atoms with Crippen molar-refractivity contribution in [1.82, 2.24) is 10.3 Å². The zero-order valence-electron chi connectivity index (χ0n) is 10.7. The van der Waals surface area contributed by atoms with E-state index in [2.05, 4.69) is 10.3 Å². The van der Waals surface area contributed by atoms with Crippen molar-refractivity contribution in [2.45, 2.75) is 19.0 Å². The molecule has 98 valence electrons. The van der Waals surface area contributed by atoms with Gasteiger partial charge in [0, 0.05) is 18.4 Å². The van der Waals surface area contributed by atoms with Gasteiger partial charge in [-0.15, -0.1) is 0 Å². The molecule has 2 N–H and O–H groups in total. The highest BCUT2D eigenvalue weighted by Crippen LogP contribution is 2.19. The molecule has 1 aromatic heterocycles. The Morgan fingerprint density at radius 2 is 1.84 bits per heavy atom. The minimum absolute atomic E-state index is 0.0880. The summed E-state index contributed by atoms with van der Waals surface area (Å²) in [4.78, 5) is 15.4. The van der Waals surface area contributed by atoms with Gasteiger partial charge in [-0.3, -0.25) is 15.1 Å². The van der Waals surface area contributed by atoms with Gasteiger partial charge in [-0.25, -0.2) is 0 Å². The van der Waals surface area contributed by atoms with E-state index in [9.17, 15) is 9.90 Å². The van der Waals surface area contributed by atoms with Crippen LogP contribution in [0.4, 0.5) is 0 Å². The molecule has 0 radical (unpaired) electrons. The number of aromatic nitrogens is 1. The number of pyridine rings is 1. The number of carboxylic acids is 1. The Morgan fingerprint density at radius 3 is 2.42 bits per heavy atom. The molecule has 19 heavy (non-hydrogen) atoms. The molecule has 0 bridgehead atoms. The van der Waals surface area contributed by atoms with Crippen LogP contribution in [0.15, 0.2) is 54.9 Å². The first-order valence-electron chi connectivity index (χ1n) is 6.12. The van der Waals surface area contributed by atoms with Crippen molar-refractivity contribution in [1.29, 1.82) is 0 Å². The van der Waals surface area contributed by atoms with Gasteiger partial charge in [-0.1, -0.05) is 36.4 Å². The lowest BCUT2D eigenvalue weighted by molar-refractivity contribution is -0.139. The second kappa shape index (κ2) is 6.11. The fourth-order valence-electron chi connectivity index (χ4n) is 1.93. The smallest absolute Gasteiger partial charge is 0.325 e. The van der Waals surface area contributed by atoms with E-state index in [0.717, 1.165) is 11.1 Å². The summed E-state index contributed by atoms with van der Waals surface area (Å²) in [5.41, 5.74) is 1.70. The summed E-state index contributed by atoms with van der Waals surface area (Å²) in [6.45, 7) is 1.93. The molecule has 4 nitrogen and oxygen atoms in total. The maximum atomic E-state index is 11.4. The third-order valence-corrected chi connectivity index (χ3v) is 2.98. The van der Waals surface area contributed by atoms with Gasteiger partial charge in [0.05, 0.1) is 0 Å². The molecule has 4 heteroatoms. The number of rotatable bonds is 5. The number of hydrogen-bond acceptors (Lipinski definition) is 3. The van der Waals surface area contributed by atoms with E-state index in [4.69, 9.17) is 0 Å². The molecule has 1 aromatic carbocycles. The highest BCUT2D eigenvalue weighted by atomic mass is 16.4. The minimum atomic E-state index is -0.887. The van der Waals surface area contributed by atoms with Crippen LogP contribution in [0.1, 0.15) is 30.1 Å². The first-order valence-corrected chi connectivity index (χ1v) is 6.12. The Labute approximate surface area is 112 Å². The van der Waals surface area contributed by atoms with Crippen LogP contribution in [-0.2, 0) is 4.79 Å². The summed E-state index contributed by atoms with van der Waals surface area (Å²) in [5.74, 6) is -0.887. The molecule has 1 unspecified atom stereocenters. The molecule has 0 amide bonds. The van der Waals surface area contributed by atoms with Crippen molar-refractivity contribution in [3.05, 3.63) is 66.0 Å². The zero-order chi connectivity index (χ0) is 13.7. The Kier molecular flexibility index (Phi) is 4.26. The summed E-state index contributed by atoms with van der Waals surface area (Å²) in [6.07, 6.45) is 3.43. The van der Waals surface area contributed by atoms with Crippen molar-refractivity contribution in [3.63, 3.8) is 0 Å². The van der Waals surface area contributed by atoms with Crippen molar-refractivity contribution in [2.75, 3.05) is 0 Å². The SMILES string of the molecule is C[C@H](NC(C(=O)O)c1ccccc1)c1cccnc1. The highest BCUT2D eigenvalue weighted by molar-refractivity contribution is 5.75. The summed E-state index contributed by atoms with van der Waals surface area (Å²) in [6, 6.07) is 12.1. The first kappa shape index (κ1) is 13.2.